The molecule has 0 aliphatic carbocycles. The smallest absolute Gasteiger partial charge is 0.240 e. The van der Waals surface area contributed by atoms with Gasteiger partial charge in [0.1, 0.15) is 0 Å². The molecule has 2 N–H and O–H groups in total. The first-order valence-corrected chi connectivity index (χ1v) is 7.94. The number of halogens is 1. The molecule has 0 aliphatic rings. The van der Waals surface area contributed by atoms with Crippen LogP contribution >= 0.6 is 15.9 Å². The molecule has 18 heavy (non-hydrogen) atoms. The van der Waals surface area contributed by atoms with Crippen molar-refractivity contribution in [3.63, 3.8) is 0 Å². The Labute approximate surface area is 117 Å². The van der Waals surface area contributed by atoms with Crippen LogP contribution in [0, 0.1) is 6.92 Å². The number of aryl methyl sites for hydroxylation is 1. The maximum atomic E-state index is 12.0. The van der Waals surface area contributed by atoms with E-state index in [9.17, 15) is 13.5 Å². The second kappa shape index (κ2) is 5.69. The van der Waals surface area contributed by atoms with Gasteiger partial charge in [-0.2, -0.15) is 0 Å². The molecule has 0 amide bonds. The average Bonchev–Trinajstić information content (AvgIpc) is 2.30. The first-order chi connectivity index (χ1) is 8.18. The van der Waals surface area contributed by atoms with E-state index >= 15 is 0 Å². The molecule has 1 atom stereocenters. The van der Waals surface area contributed by atoms with Crippen molar-refractivity contribution < 1.29 is 13.5 Å². The fourth-order valence-electron chi connectivity index (χ4n) is 1.24. The van der Waals surface area contributed by atoms with Gasteiger partial charge in [0.25, 0.3) is 0 Å². The van der Waals surface area contributed by atoms with Gasteiger partial charge in [-0.25, -0.2) is 13.1 Å². The molecular weight excluding hydrogens is 318 g/mol. The van der Waals surface area contributed by atoms with Crippen molar-refractivity contribution in [2.24, 2.45) is 0 Å². The van der Waals surface area contributed by atoms with E-state index in [-0.39, 0.29) is 11.4 Å². The fourth-order valence-corrected chi connectivity index (χ4v) is 2.74. The molecule has 0 aliphatic heterocycles. The van der Waals surface area contributed by atoms with Crippen molar-refractivity contribution in [2.75, 3.05) is 6.54 Å². The van der Waals surface area contributed by atoms with E-state index in [2.05, 4.69) is 20.7 Å². The lowest BCUT2D eigenvalue weighted by molar-refractivity contribution is 0.0613. The molecule has 1 rings (SSSR count). The highest BCUT2D eigenvalue weighted by atomic mass is 79.9. The lowest BCUT2D eigenvalue weighted by atomic mass is 10.1. The lowest BCUT2D eigenvalue weighted by Gasteiger charge is -2.21. The Bertz CT molecular complexity index is 526. The van der Waals surface area contributed by atoms with Crippen LogP contribution in [0.1, 0.15) is 25.8 Å². The number of hydrogen-bond donors (Lipinski definition) is 2. The molecule has 0 aromatic heterocycles. The minimum Gasteiger partial charge on any atom is -0.389 e. The van der Waals surface area contributed by atoms with E-state index in [4.69, 9.17) is 0 Å². The van der Waals surface area contributed by atoms with Gasteiger partial charge in [-0.05, 0) is 44.0 Å². The molecule has 102 valence electrons. The average molecular weight is 336 g/mol. The van der Waals surface area contributed by atoms with Gasteiger partial charge in [-0.1, -0.05) is 22.9 Å². The summed E-state index contributed by atoms with van der Waals surface area (Å²) in [5, 5.41) is 9.80. The monoisotopic (exact) mass is 335 g/mol. The van der Waals surface area contributed by atoms with Crippen LogP contribution in [0.15, 0.2) is 27.6 Å². The SMILES string of the molecule is CCC(C)(O)CNS(=O)(=O)c1ccc(Br)c(C)c1. The normalized spacial score (nSPS) is 15.4. The maximum Gasteiger partial charge on any atom is 0.240 e. The summed E-state index contributed by atoms with van der Waals surface area (Å²) in [7, 11) is -3.57. The molecule has 0 saturated heterocycles. The topological polar surface area (TPSA) is 66.4 Å². The van der Waals surface area contributed by atoms with Gasteiger partial charge < -0.3 is 5.11 Å². The van der Waals surface area contributed by atoms with Crippen LogP contribution in [-0.2, 0) is 10.0 Å². The zero-order valence-corrected chi connectivity index (χ0v) is 13.1. The van der Waals surface area contributed by atoms with Gasteiger partial charge in [-0.3, -0.25) is 0 Å². The number of nitrogens with one attached hydrogen (secondary N) is 1. The Morgan fingerprint density at radius 1 is 1.44 bits per heavy atom. The summed E-state index contributed by atoms with van der Waals surface area (Å²) in [5.74, 6) is 0. The summed E-state index contributed by atoms with van der Waals surface area (Å²) in [6.45, 7) is 5.23. The number of hydrogen-bond acceptors (Lipinski definition) is 3. The molecule has 4 nitrogen and oxygen atoms in total. The predicted octanol–water partition coefficient (Wildman–Crippen LogP) is 2.20. The lowest BCUT2D eigenvalue weighted by Crippen LogP contribution is -2.40. The third kappa shape index (κ3) is 4.05. The maximum absolute atomic E-state index is 12.0. The van der Waals surface area contributed by atoms with E-state index in [0.717, 1.165) is 10.0 Å². The summed E-state index contributed by atoms with van der Waals surface area (Å²) in [6, 6.07) is 4.81. The van der Waals surface area contributed by atoms with Crippen LogP contribution in [0.5, 0.6) is 0 Å². The van der Waals surface area contributed by atoms with Crippen LogP contribution in [0.25, 0.3) is 0 Å². The minimum atomic E-state index is -3.57. The van der Waals surface area contributed by atoms with Gasteiger partial charge in [-0.15, -0.1) is 0 Å². The minimum absolute atomic E-state index is 0.000937. The summed E-state index contributed by atoms with van der Waals surface area (Å²) in [6.07, 6.45) is 0.481. The van der Waals surface area contributed by atoms with Crippen molar-refractivity contribution in [2.45, 2.75) is 37.7 Å². The van der Waals surface area contributed by atoms with Gasteiger partial charge in [0.05, 0.1) is 10.5 Å². The second-order valence-corrected chi connectivity index (χ2v) is 7.21. The zero-order valence-electron chi connectivity index (χ0n) is 10.7. The van der Waals surface area contributed by atoms with E-state index < -0.39 is 15.6 Å². The Morgan fingerprint density at radius 2 is 2.06 bits per heavy atom. The van der Waals surface area contributed by atoms with Crippen molar-refractivity contribution in [1.82, 2.24) is 4.72 Å². The highest BCUT2D eigenvalue weighted by molar-refractivity contribution is 9.10. The highest BCUT2D eigenvalue weighted by Gasteiger charge is 2.22. The van der Waals surface area contributed by atoms with Gasteiger partial charge in [0.2, 0.25) is 10.0 Å². The zero-order chi connectivity index (χ0) is 14.0. The van der Waals surface area contributed by atoms with Gasteiger partial charge in [0, 0.05) is 11.0 Å². The molecule has 0 radical (unpaired) electrons. The van der Waals surface area contributed by atoms with Crippen LogP contribution < -0.4 is 4.72 Å². The highest BCUT2D eigenvalue weighted by Crippen LogP contribution is 2.20. The molecule has 1 unspecified atom stereocenters. The molecule has 0 saturated carbocycles. The standard InChI is InChI=1S/C12H18BrNO3S/c1-4-12(3,15)8-14-18(16,17)10-5-6-11(13)9(2)7-10/h5-7,14-15H,4,8H2,1-3H3. The van der Waals surface area contributed by atoms with Crippen molar-refractivity contribution in [1.29, 1.82) is 0 Å². The van der Waals surface area contributed by atoms with Gasteiger partial charge >= 0.3 is 0 Å². The second-order valence-electron chi connectivity index (χ2n) is 4.59. The van der Waals surface area contributed by atoms with E-state index in [1.54, 1.807) is 26.0 Å². The van der Waals surface area contributed by atoms with Crippen molar-refractivity contribution >= 4 is 26.0 Å². The third-order valence-corrected chi connectivity index (χ3v) is 5.13. The molecule has 0 bridgehead atoms. The van der Waals surface area contributed by atoms with Crippen LogP contribution in [0.2, 0.25) is 0 Å². The molecule has 0 spiro atoms. The molecule has 0 fully saturated rings. The summed E-state index contributed by atoms with van der Waals surface area (Å²) in [4.78, 5) is 0.204. The quantitative estimate of drug-likeness (QED) is 0.866. The first kappa shape index (κ1) is 15.6. The molecule has 1 aromatic carbocycles. The number of sulfonamides is 1. The summed E-state index contributed by atoms with van der Waals surface area (Å²) in [5.41, 5.74) is -0.183. The Morgan fingerprint density at radius 3 is 2.56 bits per heavy atom. The van der Waals surface area contributed by atoms with E-state index in [1.807, 2.05) is 6.92 Å². The van der Waals surface area contributed by atoms with Crippen molar-refractivity contribution in [3.8, 4) is 0 Å². The molecular formula is C12H18BrNO3S. The molecule has 0 heterocycles. The van der Waals surface area contributed by atoms with Crippen LogP contribution in [-0.4, -0.2) is 25.7 Å². The Balaban J connectivity index is 2.90. The van der Waals surface area contributed by atoms with Crippen molar-refractivity contribution in [3.05, 3.63) is 28.2 Å². The molecule has 6 heteroatoms. The van der Waals surface area contributed by atoms with E-state index in [0.29, 0.717) is 6.42 Å². The fraction of sp³-hybridized carbons (Fsp3) is 0.500. The summed E-state index contributed by atoms with van der Waals surface area (Å²) < 4.78 is 27.3. The predicted molar refractivity (Wildman–Crippen MR) is 75.0 cm³/mol. The largest absolute Gasteiger partial charge is 0.389 e. The van der Waals surface area contributed by atoms with E-state index in [1.165, 1.54) is 6.07 Å². The van der Waals surface area contributed by atoms with Gasteiger partial charge in [0.15, 0.2) is 0 Å². The third-order valence-electron chi connectivity index (χ3n) is 2.84. The summed E-state index contributed by atoms with van der Waals surface area (Å²) >= 11 is 3.32. The van der Waals surface area contributed by atoms with Crippen LogP contribution in [0.4, 0.5) is 0 Å². The Hall–Kier alpha value is -0.430. The number of benzene rings is 1. The van der Waals surface area contributed by atoms with Crippen LogP contribution in [0.3, 0.4) is 0 Å². The molecule has 1 aromatic rings. The number of aliphatic hydroxyl groups is 1. The first-order valence-electron chi connectivity index (χ1n) is 5.66. The Kier molecular flexibility index (Phi) is 4.94. The number of rotatable bonds is 5.